The number of rotatable bonds is 5. The van der Waals surface area contributed by atoms with E-state index in [0.29, 0.717) is 10.7 Å². The third-order valence-corrected chi connectivity index (χ3v) is 4.80. The molecule has 1 unspecified atom stereocenters. The number of hydrogen-bond acceptors (Lipinski definition) is 4. The molecule has 3 rings (SSSR count). The van der Waals surface area contributed by atoms with Crippen molar-refractivity contribution >= 4 is 39.0 Å². The summed E-state index contributed by atoms with van der Waals surface area (Å²) in [6.07, 6.45) is 1.70. The van der Waals surface area contributed by atoms with Crippen molar-refractivity contribution in [3.63, 3.8) is 0 Å². The van der Waals surface area contributed by atoms with Crippen molar-refractivity contribution in [2.24, 2.45) is 5.92 Å². The fraction of sp³-hybridized carbons (Fsp3) is 0.294. The molecule has 1 atom stereocenters. The number of aliphatic hydroxyl groups is 1. The van der Waals surface area contributed by atoms with E-state index in [-0.39, 0.29) is 18.6 Å². The van der Waals surface area contributed by atoms with Crippen LogP contribution in [0.2, 0.25) is 5.02 Å². The number of halogens is 2. The van der Waals surface area contributed by atoms with Crippen LogP contribution in [0.5, 0.6) is 0 Å². The first kappa shape index (κ1) is 17.2. The lowest BCUT2D eigenvalue weighted by Crippen LogP contribution is -2.30. The Morgan fingerprint density at radius 2 is 2.08 bits per heavy atom. The molecule has 0 bridgehead atoms. The van der Waals surface area contributed by atoms with Gasteiger partial charge in [0.25, 0.3) is 0 Å². The Kier molecular flexibility index (Phi) is 5.08. The van der Waals surface area contributed by atoms with E-state index in [4.69, 9.17) is 11.6 Å². The molecule has 1 aromatic carbocycles. The Bertz CT molecular complexity index is 865. The van der Waals surface area contributed by atoms with Crippen LogP contribution in [-0.2, 0) is 0 Å². The molecule has 5 nitrogen and oxygen atoms in total. The highest BCUT2D eigenvalue weighted by molar-refractivity contribution is 9.10. The summed E-state index contributed by atoms with van der Waals surface area (Å²) >= 11 is 9.81. The van der Waals surface area contributed by atoms with E-state index in [0.717, 1.165) is 21.5 Å². The van der Waals surface area contributed by atoms with Gasteiger partial charge in [-0.15, -0.1) is 0 Å². The predicted molar refractivity (Wildman–Crippen MR) is 100 cm³/mol. The third-order valence-electron chi connectivity index (χ3n) is 3.91. The van der Waals surface area contributed by atoms with Gasteiger partial charge in [-0.25, -0.2) is 4.98 Å². The molecule has 126 valence electrons. The molecule has 2 heterocycles. The number of aliphatic hydroxyl groups excluding tert-OH is 1. The van der Waals surface area contributed by atoms with Gasteiger partial charge in [0.15, 0.2) is 5.65 Å². The standard InChI is InChI=1S/C17H18BrClN4O/c1-10(2)15(9-24)21-16-7-14(11-5-3-4-6-13(11)19)22-17-12(18)8-20-23(16)17/h3-8,10,15,21,24H,9H2,1-2H3. The number of benzene rings is 1. The number of anilines is 1. The summed E-state index contributed by atoms with van der Waals surface area (Å²) in [7, 11) is 0. The second-order valence-electron chi connectivity index (χ2n) is 5.91. The Labute approximate surface area is 153 Å². The van der Waals surface area contributed by atoms with Crippen molar-refractivity contribution < 1.29 is 5.11 Å². The molecule has 2 N–H and O–H groups in total. The Hall–Kier alpha value is -1.63. The molecule has 0 amide bonds. The normalized spacial score (nSPS) is 12.8. The van der Waals surface area contributed by atoms with Gasteiger partial charge in [-0.3, -0.25) is 0 Å². The SMILES string of the molecule is CC(C)C(CO)Nc1cc(-c2ccccc2Cl)nc2c(Br)cnn12. The largest absolute Gasteiger partial charge is 0.394 e. The van der Waals surface area contributed by atoms with Crippen molar-refractivity contribution in [2.45, 2.75) is 19.9 Å². The van der Waals surface area contributed by atoms with E-state index in [1.54, 1.807) is 10.7 Å². The van der Waals surface area contributed by atoms with Gasteiger partial charge in [0.2, 0.25) is 0 Å². The average molecular weight is 410 g/mol. The van der Waals surface area contributed by atoms with Crippen LogP contribution in [0.15, 0.2) is 41.0 Å². The van der Waals surface area contributed by atoms with Gasteiger partial charge in [-0.2, -0.15) is 9.61 Å². The molecule has 0 aliphatic heterocycles. The van der Waals surface area contributed by atoms with E-state index >= 15 is 0 Å². The highest BCUT2D eigenvalue weighted by Crippen LogP contribution is 2.30. The Balaban J connectivity index is 2.16. The third kappa shape index (κ3) is 3.27. The molecule has 0 spiro atoms. The van der Waals surface area contributed by atoms with E-state index in [2.05, 4.69) is 45.2 Å². The zero-order valence-electron chi connectivity index (χ0n) is 13.4. The minimum atomic E-state index is -0.0855. The first-order valence-corrected chi connectivity index (χ1v) is 8.85. The van der Waals surface area contributed by atoms with Crippen molar-refractivity contribution in [1.82, 2.24) is 14.6 Å². The summed E-state index contributed by atoms with van der Waals surface area (Å²) < 4.78 is 2.51. The highest BCUT2D eigenvalue weighted by Gasteiger charge is 2.17. The zero-order valence-corrected chi connectivity index (χ0v) is 15.7. The van der Waals surface area contributed by atoms with Gasteiger partial charge in [0, 0.05) is 16.7 Å². The van der Waals surface area contributed by atoms with Crippen LogP contribution in [0.3, 0.4) is 0 Å². The molecule has 0 radical (unpaired) electrons. The Morgan fingerprint density at radius 1 is 1.33 bits per heavy atom. The molecule has 3 aromatic rings. The van der Waals surface area contributed by atoms with Crippen LogP contribution in [-0.4, -0.2) is 32.4 Å². The summed E-state index contributed by atoms with van der Waals surface area (Å²) in [4.78, 5) is 4.67. The van der Waals surface area contributed by atoms with Crippen LogP contribution in [0.4, 0.5) is 5.82 Å². The first-order valence-electron chi connectivity index (χ1n) is 7.68. The van der Waals surface area contributed by atoms with E-state index in [1.807, 2.05) is 30.3 Å². The molecule has 7 heteroatoms. The van der Waals surface area contributed by atoms with Crippen LogP contribution in [0.25, 0.3) is 16.9 Å². The van der Waals surface area contributed by atoms with Crippen LogP contribution < -0.4 is 5.32 Å². The van der Waals surface area contributed by atoms with Gasteiger partial charge >= 0.3 is 0 Å². The number of hydrogen-bond donors (Lipinski definition) is 2. The summed E-state index contributed by atoms with van der Waals surface area (Å²) in [5.41, 5.74) is 2.29. The molecule has 0 saturated carbocycles. The Morgan fingerprint density at radius 3 is 2.75 bits per heavy atom. The number of fused-ring (bicyclic) bond motifs is 1. The fourth-order valence-electron chi connectivity index (χ4n) is 2.46. The lowest BCUT2D eigenvalue weighted by atomic mass is 10.1. The molecule has 0 fully saturated rings. The lowest BCUT2D eigenvalue weighted by molar-refractivity contribution is 0.249. The van der Waals surface area contributed by atoms with Gasteiger partial charge in [0.1, 0.15) is 5.82 Å². The van der Waals surface area contributed by atoms with Gasteiger partial charge in [0.05, 0.1) is 29.0 Å². The van der Waals surface area contributed by atoms with Crippen LogP contribution >= 0.6 is 27.5 Å². The van der Waals surface area contributed by atoms with Gasteiger partial charge in [-0.05, 0) is 27.9 Å². The number of nitrogens with one attached hydrogen (secondary N) is 1. The average Bonchev–Trinajstić information content (AvgIpc) is 2.94. The molecule has 0 aliphatic carbocycles. The second kappa shape index (κ2) is 7.09. The summed E-state index contributed by atoms with van der Waals surface area (Å²) in [6.45, 7) is 4.14. The summed E-state index contributed by atoms with van der Waals surface area (Å²) in [5, 5.41) is 18.0. The first-order chi connectivity index (χ1) is 11.5. The molecular weight excluding hydrogens is 392 g/mol. The maximum absolute atomic E-state index is 9.63. The van der Waals surface area contributed by atoms with Crippen molar-refractivity contribution in [3.05, 3.63) is 46.0 Å². The van der Waals surface area contributed by atoms with E-state index in [9.17, 15) is 5.11 Å². The topological polar surface area (TPSA) is 62.5 Å². The lowest BCUT2D eigenvalue weighted by Gasteiger charge is -2.22. The van der Waals surface area contributed by atoms with Gasteiger partial charge in [-0.1, -0.05) is 43.6 Å². The molecule has 2 aromatic heterocycles. The maximum Gasteiger partial charge on any atom is 0.172 e. The fourth-order valence-corrected chi connectivity index (χ4v) is 3.04. The monoisotopic (exact) mass is 408 g/mol. The number of aromatic nitrogens is 3. The predicted octanol–water partition coefficient (Wildman–Crippen LogP) is 4.24. The minimum absolute atomic E-state index is 0.0331. The second-order valence-corrected chi connectivity index (χ2v) is 7.17. The highest BCUT2D eigenvalue weighted by atomic mass is 79.9. The van der Waals surface area contributed by atoms with Crippen molar-refractivity contribution in [1.29, 1.82) is 0 Å². The molecule has 24 heavy (non-hydrogen) atoms. The quantitative estimate of drug-likeness (QED) is 0.661. The van der Waals surface area contributed by atoms with E-state index < -0.39 is 0 Å². The number of nitrogens with zero attached hydrogens (tertiary/aromatic N) is 3. The summed E-state index contributed by atoms with van der Waals surface area (Å²) in [5.74, 6) is 1.02. The van der Waals surface area contributed by atoms with Crippen molar-refractivity contribution in [3.8, 4) is 11.3 Å². The van der Waals surface area contributed by atoms with E-state index in [1.165, 1.54) is 0 Å². The minimum Gasteiger partial charge on any atom is -0.394 e. The molecule has 0 aliphatic rings. The zero-order chi connectivity index (χ0) is 17.3. The molecular formula is C17H18BrClN4O. The van der Waals surface area contributed by atoms with Gasteiger partial charge < -0.3 is 10.4 Å². The van der Waals surface area contributed by atoms with Crippen LogP contribution in [0.1, 0.15) is 13.8 Å². The maximum atomic E-state index is 9.63. The van der Waals surface area contributed by atoms with Crippen molar-refractivity contribution in [2.75, 3.05) is 11.9 Å². The smallest absolute Gasteiger partial charge is 0.172 e. The summed E-state index contributed by atoms with van der Waals surface area (Å²) in [6, 6.07) is 9.40. The van der Waals surface area contributed by atoms with Crippen LogP contribution in [0, 0.1) is 5.92 Å². The molecule has 0 saturated heterocycles.